The van der Waals surface area contributed by atoms with Crippen LogP contribution in [0, 0.1) is 0 Å². The first kappa shape index (κ1) is 18.9. The van der Waals surface area contributed by atoms with Gasteiger partial charge in [0.2, 0.25) is 0 Å². The Morgan fingerprint density at radius 3 is 2.32 bits per heavy atom. The van der Waals surface area contributed by atoms with Crippen molar-refractivity contribution in [3.8, 4) is 0 Å². The number of esters is 1. The molecule has 0 saturated heterocycles. The van der Waals surface area contributed by atoms with E-state index in [4.69, 9.17) is 9.47 Å². The van der Waals surface area contributed by atoms with E-state index in [2.05, 4.69) is 17.4 Å². The lowest BCUT2D eigenvalue weighted by Crippen LogP contribution is -2.31. The van der Waals surface area contributed by atoms with Gasteiger partial charge in [-0.15, -0.1) is 0 Å². The van der Waals surface area contributed by atoms with Crippen LogP contribution >= 0.6 is 0 Å². The summed E-state index contributed by atoms with van der Waals surface area (Å²) in [7, 11) is 0. The average Bonchev–Trinajstić information content (AvgIpc) is 2.65. The minimum Gasteiger partial charge on any atom is -0.463 e. The number of benzene rings is 2. The lowest BCUT2D eigenvalue weighted by molar-refractivity contribution is -0.137. The van der Waals surface area contributed by atoms with E-state index in [0.717, 1.165) is 5.56 Å². The fraction of sp³-hybridized carbons (Fsp3) is 0.286. The third-order valence-corrected chi connectivity index (χ3v) is 3.57. The average molecular weight is 339 g/mol. The second-order valence-electron chi connectivity index (χ2n) is 5.58. The number of nitrogens with one attached hydrogen (secondary N) is 1. The summed E-state index contributed by atoms with van der Waals surface area (Å²) in [5, 5.41) is 3.40. The van der Waals surface area contributed by atoms with Crippen LogP contribution in [0.5, 0.6) is 0 Å². The zero-order valence-corrected chi connectivity index (χ0v) is 14.6. The lowest BCUT2D eigenvalue weighted by atomic mass is 10.2. The SMILES string of the molecule is CCOC(=O)/C=C/[C@H](COCc1ccccc1)NCc1ccccc1. The number of carbonyl (C=O) groups is 1. The Hall–Kier alpha value is -2.43. The predicted octanol–water partition coefficient (Wildman–Crippen LogP) is 3.48. The van der Waals surface area contributed by atoms with Crippen molar-refractivity contribution in [2.24, 2.45) is 0 Å². The monoisotopic (exact) mass is 339 g/mol. The molecule has 0 unspecified atom stereocenters. The van der Waals surface area contributed by atoms with Crippen molar-refractivity contribution < 1.29 is 14.3 Å². The molecule has 4 heteroatoms. The molecule has 1 atom stereocenters. The molecular formula is C21H25NO3. The smallest absolute Gasteiger partial charge is 0.330 e. The van der Waals surface area contributed by atoms with E-state index in [1.54, 1.807) is 13.0 Å². The highest BCUT2D eigenvalue weighted by Gasteiger charge is 2.06. The van der Waals surface area contributed by atoms with Crippen LogP contribution in [0.3, 0.4) is 0 Å². The van der Waals surface area contributed by atoms with Gasteiger partial charge in [0.05, 0.1) is 19.8 Å². The van der Waals surface area contributed by atoms with Crippen LogP contribution in [0.1, 0.15) is 18.1 Å². The van der Waals surface area contributed by atoms with E-state index in [1.165, 1.54) is 11.6 Å². The molecular weight excluding hydrogens is 314 g/mol. The molecule has 0 aliphatic carbocycles. The normalized spacial score (nSPS) is 12.2. The molecule has 0 heterocycles. The molecule has 2 aromatic rings. The minimum atomic E-state index is -0.336. The Morgan fingerprint density at radius 2 is 1.68 bits per heavy atom. The van der Waals surface area contributed by atoms with E-state index < -0.39 is 0 Å². The van der Waals surface area contributed by atoms with Crippen LogP contribution in [-0.4, -0.2) is 25.2 Å². The van der Waals surface area contributed by atoms with E-state index in [0.29, 0.717) is 26.4 Å². The zero-order chi connectivity index (χ0) is 17.7. The Bertz CT molecular complexity index is 641. The quantitative estimate of drug-likeness (QED) is 0.532. The molecule has 132 valence electrons. The fourth-order valence-electron chi connectivity index (χ4n) is 2.29. The summed E-state index contributed by atoms with van der Waals surface area (Å²) >= 11 is 0. The third-order valence-electron chi connectivity index (χ3n) is 3.57. The molecule has 0 aliphatic heterocycles. The first-order valence-corrected chi connectivity index (χ1v) is 8.52. The maximum Gasteiger partial charge on any atom is 0.330 e. The molecule has 0 aliphatic rings. The van der Waals surface area contributed by atoms with Crippen molar-refractivity contribution in [3.05, 3.63) is 83.9 Å². The van der Waals surface area contributed by atoms with Gasteiger partial charge in [0.25, 0.3) is 0 Å². The van der Waals surface area contributed by atoms with Crippen LogP contribution in [-0.2, 0) is 27.4 Å². The molecule has 0 bridgehead atoms. The third kappa shape index (κ3) is 7.79. The van der Waals surface area contributed by atoms with Crippen molar-refractivity contribution in [2.75, 3.05) is 13.2 Å². The fourth-order valence-corrected chi connectivity index (χ4v) is 2.29. The van der Waals surface area contributed by atoms with Crippen LogP contribution in [0.4, 0.5) is 0 Å². The summed E-state index contributed by atoms with van der Waals surface area (Å²) in [6.07, 6.45) is 3.25. The minimum absolute atomic E-state index is 0.0756. The molecule has 1 N–H and O–H groups in total. The lowest BCUT2D eigenvalue weighted by Gasteiger charge is -2.16. The summed E-state index contributed by atoms with van der Waals surface area (Å²) in [4.78, 5) is 11.5. The molecule has 2 rings (SSSR count). The van der Waals surface area contributed by atoms with Crippen LogP contribution in [0.25, 0.3) is 0 Å². The molecule has 0 amide bonds. The van der Waals surface area contributed by atoms with Gasteiger partial charge in [0.1, 0.15) is 0 Å². The van der Waals surface area contributed by atoms with Crippen molar-refractivity contribution in [3.63, 3.8) is 0 Å². The highest BCUT2D eigenvalue weighted by atomic mass is 16.5. The van der Waals surface area contributed by atoms with Gasteiger partial charge in [0.15, 0.2) is 0 Å². The van der Waals surface area contributed by atoms with Crippen molar-refractivity contribution >= 4 is 5.97 Å². The van der Waals surface area contributed by atoms with E-state index in [9.17, 15) is 4.79 Å². The highest BCUT2D eigenvalue weighted by Crippen LogP contribution is 2.03. The number of hydrogen-bond donors (Lipinski definition) is 1. The first-order chi connectivity index (χ1) is 12.3. The van der Waals surface area contributed by atoms with Crippen LogP contribution < -0.4 is 5.32 Å². The maximum absolute atomic E-state index is 11.5. The van der Waals surface area contributed by atoms with Crippen molar-refractivity contribution in [1.82, 2.24) is 5.32 Å². The molecule has 2 aromatic carbocycles. The van der Waals surface area contributed by atoms with Crippen LogP contribution in [0.2, 0.25) is 0 Å². The second kappa shape index (κ2) is 11.2. The van der Waals surface area contributed by atoms with Gasteiger partial charge in [-0.25, -0.2) is 4.79 Å². The number of rotatable bonds is 10. The summed E-state index contributed by atoms with van der Waals surface area (Å²) in [6.45, 7) is 3.87. The molecule has 4 nitrogen and oxygen atoms in total. The van der Waals surface area contributed by atoms with Gasteiger partial charge < -0.3 is 14.8 Å². The van der Waals surface area contributed by atoms with Gasteiger partial charge in [0, 0.05) is 18.7 Å². The van der Waals surface area contributed by atoms with Gasteiger partial charge in [-0.2, -0.15) is 0 Å². The number of hydrogen-bond acceptors (Lipinski definition) is 4. The first-order valence-electron chi connectivity index (χ1n) is 8.52. The molecule has 0 spiro atoms. The van der Waals surface area contributed by atoms with E-state index in [1.807, 2.05) is 48.5 Å². The molecule has 0 radical (unpaired) electrons. The maximum atomic E-state index is 11.5. The topological polar surface area (TPSA) is 47.6 Å². The van der Waals surface area contributed by atoms with Crippen LogP contribution in [0.15, 0.2) is 72.8 Å². The summed E-state index contributed by atoms with van der Waals surface area (Å²) in [6, 6.07) is 20.1. The molecule has 0 fully saturated rings. The molecule has 0 aromatic heterocycles. The Balaban J connectivity index is 1.87. The summed E-state index contributed by atoms with van der Waals surface area (Å²) in [5.41, 5.74) is 2.30. The van der Waals surface area contributed by atoms with E-state index >= 15 is 0 Å². The predicted molar refractivity (Wildman–Crippen MR) is 98.9 cm³/mol. The Kier molecular flexibility index (Phi) is 8.45. The van der Waals surface area contributed by atoms with Gasteiger partial charge >= 0.3 is 5.97 Å². The van der Waals surface area contributed by atoms with Gasteiger partial charge in [-0.05, 0) is 18.1 Å². The largest absolute Gasteiger partial charge is 0.463 e. The van der Waals surface area contributed by atoms with Crippen molar-refractivity contribution in [1.29, 1.82) is 0 Å². The Morgan fingerprint density at radius 1 is 1.04 bits per heavy atom. The van der Waals surface area contributed by atoms with Gasteiger partial charge in [-0.1, -0.05) is 66.7 Å². The highest BCUT2D eigenvalue weighted by molar-refractivity contribution is 5.81. The van der Waals surface area contributed by atoms with Crippen molar-refractivity contribution in [2.45, 2.75) is 26.1 Å². The standard InChI is InChI=1S/C21H25NO3/c1-2-25-21(23)14-13-20(22-15-18-9-5-3-6-10-18)17-24-16-19-11-7-4-8-12-19/h3-14,20,22H,2,15-17H2,1H3/b14-13+/t20-/m1/s1. The van der Waals surface area contributed by atoms with Gasteiger partial charge in [-0.3, -0.25) is 0 Å². The van der Waals surface area contributed by atoms with E-state index in [-0.39, 0.29) is 12.0 Å². The zero-order valence-electron chi connectivity index (χ0n) is 14.6. The number of ether oxygens (including phenoxy) is 2. The Labute approximate surface area is 149 Å². The number of carbonyl (C=O) groups excluding carboxylic acids is 1. The summed E-state index contributed by atoms with van der Waals surface area (Å²) in [5.74, 6) is -0.336. The molecule has 0 saturated carbocycles. The second-order valence-corrected chi connectivity index (χ2v) is 5.58. The summed E-state index contributed by atoms with van der Waals surface area (Å²) < 4.78 is 10.7. The molecule has 25 heavy (non-hydrogen) atoms.